The van der Waals surface area contributed by atoms with E-state index in [1.165, 1.54) is 5.69 Å². The van der Waals surface area contributed by atoms with Crippen molar-refractivity contribution in [2.24, 2.45) is 0 Å². The van der Waals surface area contributed by atoms with E-state index >= 15 is 0 Å². The van der Waals surface area contributed by atoms with E-state index in [9.17, 15) is 0 Å². The van der Waals surface area contributed by atoms with Gasteiger partial charge in [0.25, 0.3) is 0 Å². The van der Waals surface area contributed by atoms with Gasteiger partial charge >= 0.3 is 0 Å². The third-order valence-corrected chi connectivity index (χ3v) is 6.64. The van der Waals surface area contributed by atoms with Crippen LogP contribution in [0.5, 0.6) is 0 Å². The molecule has 0 amide bonds. The Morgan fingerprint density at radius 1 is 1.17 bits per heavy atom. The molecule has 2 aliphatic rings. The van der Waals surface area contributed by atoms with Crippen LogP contribution in [0.1, 0.15) is 36.3 Å². The molecule has 2 saturated heterocycles. The molecular formula is C23H23BrN4OS. The van der Waals surface area contributed by atoms with Gasteiger partial charge in [-0.1, -0.05) is 28.1 Å². The molecule has 2 aliphatic heterocycles. The number of halogens is 1. The van der Waals surface area contributed by atoms with E-state index in [1.54, 1.807) is 0 Å². The molecule has 7 heteroatoms. The van der Waals surface area contributed by atoms with Crippen molar-refractivity contribution in [3.05, 3.63) is 82.9 Å². The Morgan fingerprint density at radius 2 is 2.10 bits per heavy atom. The van der Waals surface area contributed by atoms with Crippen molar-refractivity contribution in [1.29, 1.82) is 0 Å². The van der Waals surface area contributed by atoms with Crippen LogP contribution in [0.15, 0.2) is 71.5 Å². The SMILES string of the molecule is S=C1N[C@H](c2ccccn2)[C@H](c2cccn2-c2cccc(Br)c2)N1C[C@@H]1CCCO1. The van der Waals surface area contributed by atoms with E-state index in [2.05, 4.69) is 78.3 Å². The highest BCUT2D eigenvalue weighted by atomic mass is 79.9. The molecule has 1 N–H and O–H groups in total. The van der Waals surface area contributed by atoms with Gasteiger partial charge in [0.1, 0.15) is 0 Å². The fourth-order valence-electron chi connectivity index (χ4n) is 4.43. The Kier molecular flexibility index (Phi) is 5.58. The second kappa shape index (κ2) is 8.49. The van der Waals surface area contributed by atoms with Gasteiger partial charge in [-0.25, -0.2) is 0 Å². The van der Waals surface area contributed by atoms with Crippen molar-refractivity contribution in [2.75, 3.05) is 13.2 Å². The molecule has 0 bridgehead atoms. The fourth-order valence-corrected chi connectivity index (χ4v) is 5.13. The first kappa shape index (κ1) is 19.7. The quantitative estimate of drug-likeness (QED) is 0.529. The maximum absolute atomic E-state index is 5.94. The fraction of sp³-hybridized carbons (Fsp3) is 0.304. The average Bonchev–Trinajstić information content (AvgIpc) is 3.50. The van der Waals surface area contributed by atoms with Crippen LogP contribution in [0.25, 0.3) is 5.69 Å². The van der Waals surface area contributed by atoms with E-state index in [0.717, 1.165) is 47.0 Å². The van der Waals surface area contributed by atoms with Gasteiger partial charge in [0, 0.05) is 41.4 Å². The summed E-state index contributed by atoms with van der Waals surface area (Å²) in [5.74, 6) is 0. The Balaban J connectivity index is 1.57. The van der Waals surface area contributed by atoms with E-state index in [0.29, 0.717) is 0 Å². The van der Waals surface area contributed by atoms with Crippen LogP contribution in [0.2, 0.25) is 0 Å². The third kappa shape index (κ3) is 3.77. The molecular weight excluding hydrogens is 460 g/mol. The molecule has 4 heterocycles. The summed E-state index contributed by atoms with van der Waals surface area (Å²) in [7, 11) is 0. The highest BCUT2D eigenvalue weighted by Crippen LogP contribution is 2.40. The molecule has 2 fully saturated rings. The lowest BCUT2D eigenvalue weighted by molar-refractivity contribution is 0.0836. The van der Waals surface area contributed by atoms with Gasteiger partial charge in [-0.3, -0.25) is 4.98 Å². The minimum Gasteiger partial charge on any atom is -0.376 e. The maximum Gasteiger partial charge on any atom is 0.170 e. The summed E-state index contributed by atoms with van der Waals surface area (Å²) in [6.07, 6.45) is 6.35. The number of aromatic nitrogens is 2. The number of nitrogens with zero attached hydrogens (tertiary/aromatic N) is 3. The lowest BCUT2D eigenvalue weighted by atomic mass is 10.0. The summed E-state index contributed by atoms with van der Waals surface area (Å²) in [5, 5.41) is 4.30. The van der Waals surface area contributed by atoms with Crippen molar-refractivity contribution < 1.29 is 4.74 Å². The number of benzene rings is 1. The molecule has 3 atom stereocenters. The zero-order chi connectivity index (χ0) is 20.5. The second-order valence-corrected chi connectivity index (χ2v) is 9.00. The highest BCUT2D eigenvalue weighted by molar-refractivity contribution is 9.10. The second-order valence-electron chi connectivity index (χ2n) is 7.70. The molecule has 0 saturated carbocycles. The maximum atomic E-state index is 5.94. The first-order valence-electron chi connectivity index (χ1n) is 10.2. The molecule has 30 heavy (non-hydrogen) atoms. The molecule has 154 valence electrons. The van der Waals surface area contributed by atoms with Gasteiger partial charge in [0.05, 0.1) is 23.9 Å². The summed E-state index contributed by atoms with van der Waals surface area (Å²) in [5.41, 5.74) is 3.27. The highest BCUT2D eigenvalue weighted by Gasteiger charge is 2.42. The molecule has 5 rings (SSSR count). The summed E-state index contributed by atoms with van der Waals surface area (Å²) in [6, 6.07) is 18.7. The van der Waals surface area contributed by atoms with E-state index in [1.807, 2.05) is 24.4 Å². The summed E-state index contributed by atoms with van der Waals surface area (Å²) < 4.78 is 9.24. The predicted molar refractivity (Wildman–Crippen MR) is 125 cm³/mol. The van der Waals surface area contributed by atoms with Crippen LogP contribution in [0, 0.1) is 0 Å². The van der Waals surface area contributed by atoms with Gasteiger partial charge < -0.3 is 19.5 Å². The minimum atomic E-state index is -0.0269. The van der Waals surface area contributed by atoms with Gasteiger partial charge in [-0.15, -0.1) is 0 Å². The van der Waals surface area contributed by atoms with Gasteiger partial charge in [0.15, 0.2) is 5.11 Å². The molecule has 0 aliphatic carbocycles. The van der Waals surface area contributed by atoms with Crippen LogP contribution >= 0.6 is 28.1 Å². The van der Waals surface area contributed by atoms with Gasteiger partial charge in [-0.05, 0) is 67.5 Å². The molecule has 1 aromatic carbocycles. The number of ether oxygens (including phenoxy) is 1. The minimum absolute atomic E-state index is 0.0191. The molecule has 3 aromatic rings. The standard InChI is InChI=1S/C23H23BrN4OS/c24-16-6-3-7-17(14-16)27-12-4-10-20(27)22-21(19-9-1-2-11-25-19)26-23(30)28(22)15-18-8-5-13-29-18/h1-4,6-7,9-12,14,18,21-22H,5,8,13,15H2,(H,26,30)/t18-,21+,22-/m0/s1. The predicted octanol–water partition coefficient (Wildman–Crippen LogP) is 4.79. The molecule has 5 nitrogen and oxygen atoms in total. The first-order valence-corrected chi connectivity index (χ1v) is 11.4. The van der Waals surface area contributed by atoms with Gasteiger partial charge in [0.2, 0.25) is 0 Å². The van der Waals surface area contributed by atoms with Crippen molar-refractivity contribution in [1.82, 2.24) is 19.8 Å². The lowest BCUT2D eigenvalue weighted by Gasteiger charge is -2.30. The average molecular weight is 483 g/mol. The van der Waals surface area contributed by atoms with Crippen LogP contribution in [0.4, 0.5) is 0 Å². The van der Waals surface area contributed by atoms with E-state index in [4.69, 9.17) is 17.0 Å². The van der Waals surface area contributed by atoms with E-state index in [-0.39, 0.29) is 18.2 Å². The van der Waals surface area contributed by atoms with Crippen molar-refractivity contribution in [2.45, 2.75) is 31.0 Å². The number of thiocarbonyl (C=S) groups is 1. The largest absolute Gasteiger partial charge is 0.376 e. The Morgan fingerprint density at radius 3 is 2.87 bits per heavy atom. The molecule has 0 spiro atoms. The topological polar surface area (TPSA) is 42.3 Å². The Labute approximate surface area is 190 Å². The summed E-state index contributed by atoms with van der Waals surface area (Å²) in [6.45, 7) is 1.62. The number of pyridine rings is 1. The van der Waals surface area contributed by atoms with Crippen LogP contribution in [0.3, 0.4) is 0 Å². The third-order valence-electron chi connectivity index (χ3n) is 5.79. The molecule has 0 radical (unpaired) electrons. The Bertz CT molecular complexity index is 1030. The number of nitrogens with one attached hydrogen (secondary N) is 1. The lowest BCUT2D eigenvalue weighted by Crippen LogP contribution is -2.36. The zero-order valence-corrected chi connectivity index (χ0v) is 18.8. The van der Waals surface area contributed by atoms with Gasteiger partial charge in [-0.2, -0.15) is 0 Å². The molecule has 2 aromatic heterocycles. The smallest absolute Gasteiger partial charge is 0.170 e. The normalized spacial score (nSPS) is 23.7. The number of hydrogen-bond acceptors (Lipinski definition) is 3. The first-order chi connectivity index (χ1) is 14.7. The van der Waals surface area contributed by atoms with Crippen molar-refractivity contribution in [3.8, 4) is 5.69 Å². The number of rotatable bonds is 5. The monoisotopic (exact) mass is 482 g/mol. The van der Waals surface area contributed by atoms with Crippen molar-refractivity contribution in [3.63, 3.8) is 0 Å². The summed E-state index contributed by atoms with van der Waals surface area (Å²) in [4.78, 5) is 6.93. The zero-order valence-electron chi connectivity index (χ0n) is 16.4. The van der Waals surface area contributed by atoms with E-state index < -0.39 is 0 Å². The van der Waals surface area contributed by atoms with Crippen molar-refractivity contribution >= 4 is 33.3 Å². The Hall–Kier alpha value is -2.22. The molecule has 0 unspecified atom stereocenters. The van der Waals surface area contributed by atoms with Crippen LogP contribution in [-0.4, -0.2) is 38.8 Å². The van der Waals surface area contributed by atoms with Crippen LogP contribution in [-0.2, 0) is 4.74 Å². The summed E-state index contributed by atoms with van der Waals surface area (Å²) >= 11 is 9.40. The van der Waals surface area contributed by atoms with Crippen LogP contribution < -0.4 is 5.32 Å². The number of hydrogen-bond donors (Lipinski definition) is 1.